The van der Waals surface area contributed by atoms with Crippen LogP contribution in [-0.2, 0) is 22.4 Å². The molecular formula is C20H28F3N5O4. The van der Waals surface area contributed by atoms with Gasteiger partial charge in [0, 0.05) is 31.2 Å². The molecule has 178 valence electrons. The molecule has 1 amide bonds. The minimum atomic E-state index is -5.08. The number of hydrogen-bond acceptors (Lipinski definition) is 6. The van der Waals surface area contributed by atoms with E-state index in [2.05, 4.69) is 32.4 Å². The van der Waals surface area contributed by atoms with E-state index in [1.165, 1.54) is 12.8 Å². The Morgan fingerprint density at radius 3 is 2.44 bits per heavy atom. The van der Waals surface area contributed by atoms with Gasteiger partial charge in [0.1, 0.15) is 0 Å². The molecule has 0 saturated carbocycles. The first-order chi connectivity index (χ1) is 15.0. The quantitative estimate of drug-likeness (QED) is 0.599. The number of likely N-dealkylation sites (tertiary alicyclic amines) is 2. The number of alkyl halides is 3. The van der Waals surface area contributed by atoms with E-state index in [-0.39, 0.29) is 23.4 Å². The van der Waals surface area contributed by atoms with Crippen molar-refractivity contribution in [2.24, 2.45) is 5.92 Å². The fourth-order valence-corrected chi connectivity index (χ4v) is 4.32. The highest BCUT2D eigenvalue weighted by Gasteiger charge is 2.39. The molecule has 1 atom stereocenters. The zero-order valence-corrected chi connectivity index (χ0v) is 17.8. The predicted molar refractivity (Wildman–Crippen MR) is 108 cm³/mol. The van der Waals surface area contributed by atoms with Gasteiger partial charge in [-0.05, 0) is 57.8 Å². The number of fused-ring (bicyclic) bond motifs is 1. The standard InChI is InChI=1S/C18H27N5O2.C2HF3O2/c1-22-6-4-15(5-7-22)23-10-13(11-23)18(25)19-14-2-3-16-12(8-14)9-17(24)21-20-16;3-2(4,5)1(6)7/h9,13-15H,2-8,10-11H2,1H3,(H,19,25)(H,21,24);(H,6,7). The summed E-state index contributed by atoms with van der Waals surface area (Å²) in [5, 5.41) is 16.9. The van der Waals surface area contributed by atoms with Crippen LogP contribution in [0.25, 0.3) is 0 Å². The summed E-state index contributed by atoms with van der Waals surface area (Å²) >= 11 is 0. The minimum absolute atomic E-state index is 0.123. The van der Waals surface area contributed by atoms with Gasteiger partial charge in [-0.15, -0.1) is 0 Å². The van der Waals surface area contributed by atoms with Gasteiger partial charge in [-0.1, -0.05) is 0 Å². The molecule has 0 spiro atoms. The smallest absolute Gasteiger partial charge is 0.475 e. The van der Waals surface area contributed by atoms with Gasteiger partial charge >= 0.3 is 12.1 Å². The number of aromatic amines is 1. The summed E-state index contributed by atoms with van der Waals surface area (Å²) in [5.74, 6) is -2.46. The lowest BCUT2D eigenvalue weighted by Gasteiger charge is -2.46. The number of nitrogens with one attached hydrogen (secondary N) is 2. The normalized spacial score (nSPS) is 22.8. The van der Waals surface area contributed by atoms with Crippen molar-refractivity contribution in [2.45, 2.75) is 50.4 Å². The van der Waals surface area contributed by atoms with Crippen LogP contribution in [-0.4, -0.2) is 88.5 Å². The summed E-state index contributed by atoms with van der Waals surface area (Å²) < 4.78 is 31.7. The number of carboxylic acid groups (broad SMARTS) is 1. The van der Waals surface area contributed by atoms with Crippen LogP contribution in [0.3, 0.4) is 0 Å². The van der Waals surface area contributed by atoms with E-state index < -0.39 is 12.1 Å². The van der Waals surface area contributed by atoms with Crippen molar-refractivity contribution < 1.29 is 27.9 Å². The lowest BCUT2D eigenvalue weighted by Crippen LogP contribution is -2.59. The molecule has 32 heavy (non-hydrogen) atoms. The fourth-order valence-electron chi connectivity index (χ4n) is 4.32. The first-order valence-corrected chi connectivity index (χ1v) is 10.6. The van der Waals surface area contributed by atoms with Gasteiger partial charge in [0.15, 0.2) is 0 Å². The Kier molecular flexibility index (Phi) is 7.55. The second-order valence-corrected chi connectivity index (χ2v) is 8.64. The van der Waals surface area contributed by atoms with Crippen LogP contribution in [0.2, 0.25) is 0 Å². The average Bonchev–Trinajstić information content (AvgIpc) is 2.67. The van der Waals surface area contributed by atoms with Crippen molar-refractivity contribution in [3.05, 3.63) is 27.7 Å². The second-order valence-electron chi connectivity index (χ2n) is 8.64. The van der Waals surface area contributed by atoms with E-state index in [0.29, 0.717) is 12.5 Å². The highest BCUT2D eigenvalue weighted by Crippen LogP contribution is 2.25. The molecule has 3 heterocycles. The Bertz CT molecular complexity index is 877. The van der Waals surface area contributed by atoms with Crippen LogP contribution in [0.5, 0.6) is 0 Å². The van der Waals surface area contributed by atoms with Gasteiger partial charge in [-0.2, -0.15) is 18.3 Å². The van der Waals surface area contributed by atoms with Crippen LogP contribution < -0.4 is 10.9 Å². The molecule has 2 fully saturated rings. The number of aromatic nitrogens is 2. The number of aryl methyl sites for hydroxylation is 1. The molecule has 0 aromatic carbocycles. The maximum atomic E-state index is 12.5. The fraction of sp³-hybridized carbons (Fsp3) is 0.700. The van der Waals surface area contributed by atoms with Crippen molar-refractivity contribution in [3.8, 4) is 0 Å². The largest absolute Gasteiger partial charge is 0.490 e. The van der Waals surface area contributed by atoms with E-state index >= 15 is 0 Å². The number of amides is 1. The molecule has 9 nitrogen and oxygen atoms in total. The summed E-state index contributed by atoms with van der Waals surface area (Å²) in [6.45, 7) is 4.11. The molecule has 3 N–H and O–H groups in total. The molecule has 1 aromatic rings. The molecule has 2 saturated heterocycles. The van der Waals surface area contributed by atoms with Crippen molar-refractivity contribution in [2.75, 3.05) is 33.2 Å². The number of carbonyl (C=O) groups excluding carboxylic acids is 1. The maximum Gasteiger partial charge on any atom is 0.490 e. The number of H-pyrrole nitrogens is 1. The van der Waals surface area contributed by atoms with E-state index in [1.54, 1.807) is 6.07 Å². The molecule has 0 radical (unpaired) electrons. The molecule has 4 rings (SSSR count). The van der Waals surface area contributed by atoms with Gasteiger partial charge in [0.05, 0.1) is 11.6 Å². The highest BCUT2D eigenvalue weighted by atomic mass is 19.4. The van der Waals surface area contributed by atoms with E-state index in [4.69, 9.17) is 9.90 Å². The summed E-state index contributed by atoms with van der Waals surface area (Å²) in [6, 6.07) is 2.40. The van der Waals surface area contributed by atoms with Crippen LogP contribution in [0.15, 0.2) is 10.9 Å². The van der Waals surface area contributed by atoms with Gasteiger partial charge in [0.25, 0.3) is 5.56 Å². The summed E-state index contributed by atoms with van der Waals surface area (Å²) in [5.41, 5.74) is 1.77. The monoisotopic (exact) mass is 459 g/mol. The zero-order valence-electron chi connectivity index (χ0n) is 17.8. The van der Waals surface area contributed by atoms with Crippen molar-refractivity contribution in [1.29, 1.82) is 0 Å². The SMILES string of the molecule is CN1CCC(N2CC(C(=O)NC3CCc4n[nH]c(=O)cc4C3)C2)CC1.O=C(O)C(F)(F)F. The second kappa shape index (κ2) is 9.99. The molecule has 1 unspecified atom stereocenters. The zero-order chi connectivity index (χ0) is 23.5. The van der Waals surface area contributed by atoms with Gasteiger partial charge < -0.3 is 15.3 Å². The van der Waals surface area contributed by atoms with Crippen LogP contribution in [0, 0.1) is 5.92 Å². The first-order valence-electron chi connectivity index (χ1n) is 10.6. The van der Waals surface area contributed by atoms with Gasteiger partial charge in [-0.25, -0.2) is 9.89 Å². The Hall–Kier alpha value is -2.47. The number of hydrogen-bond donors (Lipinski definition) is 3. The number of rotatable bonds is 3. The molecule has 0 bridgehead atoms. The summed E-state index contributed by atoms with van der Waals surface area (Å²) in [4.78, 5) is 37.7. The number of aliphatic carboxylic acids is 1. The Balaban J connectivity index is 0.000000360. The predicted octanol–water partition coefficient (Wildman–Crippen LogP) is 0.403. The molecule has 2 aliphatic heterocycles. The first kappa shape index (κ1) is 24.2. The number of carboxylic acids is 1. The molecule has 12 heteroatoms. The van der Waals surface area contributed by atoms with Gasteiger partial charge in [-0.3, -0.25) is 14.5 Å². The Morgan fingerprint density at radius 2 is 1.84 bits per heavy atom. The third-order valence-corrected chi connectivity index (χ3v) is 6.25. The molecule has 1 aromatic heterocycles. The summed E-state index contributed by atoms with van der Waals surface area (Å²) in [7, 11) is 2.17. The third-order valence-electron chi connectivity index (χ3n) is 6.25. The van der Waals surface area contributed by atoms with E-state index in [9.17, 15) is 22.8 Å². The number of piperidine rings is 1. The van der Waals surface area contributed by atoms with Crippen LogP contribution >= 0.6 is 0 Å². The van der Waals surface area contributed by atoms with E-state index in [1.807, 2.05) is 0 Å². The molecular weight excluding hydrogens is 431 g/mol. The number of carbonyl (C=O) groups is 2. The lowest BCUT2D eigenvalue weighted by atomic mass is 9.90. The minimum Gasteiger partial charge on any atom is -0.475 e. The highest BCUT2D eigenvalue weighted by molar-refractivity contribution is 5.80. The van der Waals surface area contributed by atoms with Crippen molar-refractivity contribution in [1.82, 2.24) is 25.3 Å². The molecule has 3 aliphatic rings. The van der Waals surface area contributed by atoms with Crippen molar-refractivity contribution >= 4 is 11.9 Å². The van der Waals surface area contributed by atoms with Gasteiger partial charge in [0.2, 0.25) is 5.91 Å². The lowest BCUT2D eigenvalue weighted by molar-refractivity contribution is -0.192. The topological polar surface area (TPSA) is 119 Å². The van der Waals surface area contributed by atoms with Crippen molar-refractivity contribution in [3.63, 3.8) is 0 Å². The third kappa shape index (κ3) is 6.28. The average molecular weight is 459 g/mol. The van der Waals surface area contributed by atoms with Crippen LogP contribution in [0.4, 0.5) is 13.2 Å². The Labute approximate surface area is 183 Å². The Morgan fingerprint density at radius 1 is 1.22 bits per heavy atom. The number of nitrogens with zero attached hydrogens (tertiary/aromatic N) is 3. The van der Waals surface area contributed by atoms with Crippen LogP contribution in [0.1, 0.15) is 30.5 Å². The summed E-state index contributed by atoms with van der Waals surface area (Å²) in [6.07, 6.45) is -0.242. The van der Waals surface area contributed by atoms with E-state index in [0.717, 1.165) is 50.3 Å². The molecule has 1 aliphatic carbocycles. The number of halogens is 3. The maximum absolute atomic E-state index is 12.5.